The summed E-state index contributed by atoms with van der Waals surface area (Å²) in [6.45, 7) is 0. The summed E-state index contributed by atoms with van der Waals surface area (Å²) in [6.07, 6.45) is 4.07. The minimum Gasteiger partial charge on any atom is -0.507 e. The van der Waals surface area contributed by atoms with Gasteiger partial charge in [-0.05, 0) is 61.1 Å². The number of hydrogen-bond acceptors (Lipinski definition) is 2. The van der Waals surface area contributed by atoms with Crippen molar-refractivity contribution in [3.8, 4) is 5.75 Å². The molecule has 3 fully saturated rings. The van der Waals surface area contributed by atoms with Crippen LogP contribution in [0.15, 0.2) is 22.7 Å². The van der Waals surface area contributed by atoms with Crippen molar-refractivity contribution in [1.82, 2.24) is 5.32 Å². The Morgan fingerprint density at radius 2 is 1.95 bits per heavy atom. The normalized spacial score (nSPS) is 38.1. The van der Waals surface area contributed by atoms with Crippen LogP contribution in [-0.4, -0.2) is 17.1 Å². The fraction of sp³-hybridized carbons (Fsp3) is 0.533. The van der Waals surface area contributed by atoms with E-state index in [4.69, 9.17) is 0 Å². The summed E-state index contributed by atoms with van der Waals surface area (Å²) in [6, 6.07) is 5.32. The minimum absolute atomic E-state index is 0.0504. The van der Waals surface area contributed by atoms with E-state index < -0.39 is 0 Å². The van der Waals surface area contributed by atoms with Gasteiger partial charge >= 0.3 is 0 Å². The van der Waals surface area contributed by atoms with E-state index in [-0.39, 0.29) is 11.7 Å². The number of phenols is 1. The first kappa shape index (κ1) is 11.8. The van der Waals surface area contributed by atoms with E-state index in [2.05, 4.69) is 21.2 Å². The monoisotopic (exact) mass is 321 g/mol. The number of halogens is 1. The van der Waals surface area contributed by atoms with Crippen molar-refractivity contribution < 1.29 is 9.90 Å². The van der Waals surface area contributed by atoms with Crippen molar-refractivity contribution in [3.05, 3.63) is 28.2 Å². The number of amides is 1. The van der Waals surface area contributed by atoms with Gasteiger partial charge in [-0.2, -0.15) is 0 Å². The summed E-state index contributed by atoms with van der Waals surface area (Å²) < 4.78 is 0.812. The molecule has 1 aromatic carbocycles. The van der Waals surface area contributed by atoms with Gasteiger partial charge < -0.3 is 10.4 Å². The lowest BCUT2D eigenvalue weighted by atomic mass is 10.0. The molecule has 4 unspecified atom stereocenters. The van der Waals surface area contributed by atoms with Crippen molar-refractivity contribution in [3.63, 3.8) is 0 Å². The number of fused-ring (bicyclic) bond motifs is 5. The third-order valence-electron chi connectivity index (χ3n) is 5.24. The van der Waals surface area contributed by atoms with Crippen LogP contribution in [-0.2, 0) is 0 Å². The van der Waals surface area contributed by atoms with Crippen LogP contribution in [0.25, 0.3) is 0 Å². The van der Waals surface area contributed by atoms with Crippen molar-refractivity contribution in [2.24, 2.45) is 23.7 Å². The van der Waals surface area contributed by atoms with Crippen LogP contribution in [0.1, 0.15) is 29.6 Å². The zero-order chi connectivity index (χ0) is 13.1. The van der Waals surface area contributed by atoms with Crippen LogP contribution in [0.2, 0.25) is 0 Å². The molecule has 3 nitrogen and oxygen atoms in total. The topological polar surface area (TPSA) is 49.3 Å². The first-order valence-electron chi connectivity index (χ1n) is 6.94. The minimum atomic E-state index is -0.141. The predicted octanol–water partition coefficient (Wildman–Crippen LogP) is 2.93. The van der Waals surface area contributed by atoms with E-state index in [0.717, 1.165) is 28.1 Å². The SMILES string of the molecule is O=C(NC1C2C3CCC(C3)C12)c1cc(Br)ccc1O. The highest BCUT2D eigenvalue weighted by Gasteiger charge is 2.65. The fourth-order valence-corrected chi connectivity index (χ4v) is 4.80. The molecule has 100 valence electrons. The molecule has 4 heteroatoms. The summed E-state index contributed by atoms with van der Waals surface area (Å²) >= 11 is 3.33. The van der Waals surface area contributed by atoms with E-state index in [1.165, 1.54) is 19.3 Å². The molecular formula is C15H16BrNO2. The molecule has 0 heterocycles. The lowest BCUT2D eigenvalue weighted by Crippen LogP contribution is -2.30. The zero-order valence-electron chi connectivity index (χ0n) is 10.5. The first-order chi connectivity index (χ1) is 9.15. The van der Waals surface area contributed by atoms with E-state index >= 15 is 0 Å². The molecular weight excluding hydrogens is 306 g/mol. The van der Waals surface area contributed by atoms with Crippen molar-refractivity contribution >= 4 is 21.8 Å². The Labute approximate surface area is 120 Å². The van der Waals surface area contributed by atoms with Crippen LogP contribution in [0.4, 0.5) is 0 Å². The Balaban J connectivity index is 1.50. The maximum absolute atomic E-state index is 12.2. The molecule has 1 aromatic rings. The van der Waals surface area contributed by atoms with Gasteiger partial charge in [-0.3, -0.25) is 4.79 Å². The van der Waals surface area contributed by atoms with Crippen molar-refractivity contribution in [1.29, 1.82) is 0 Å². The number of nitrogens with one attached hydrogen (secondary N) is 1. The average molecular weight is 322 g/mol. The summed E-state index contributed by atoms with van der Waals surface area (Å²) in [4.78, 5) is 12.2. The second kappa shape index (κ2) is 3.98. The zero-order valence-corrected chi connectivity index (χ0v) is 12.1. The van der Waals surface area contributed by atoms with E-state index in [9.17, 15) is 9.90 Å². The van der Waals surface area contributed by atoms with Gasteiger partial charge in [-0.1, -0.05) is 15.9 Å². The smallest absolute Gasteiger partial charge is 0.255 e. The quantitative estimate of drug-likeness (QED) is 0.879. The van der Waals surface area contributed by atoms with Crippen LogP contribution in [0.3, 0.4) is 0 Å². The first-order valence-corrected chi connectivity index (χ1v) is 7.74. The van der Waals surface area contributed by atoms with Crippen LogP contribution < -0.4 is 5.32 Å². The summed E-state index contributed by atoms with van der Waals surface area (Å²) in [5, 5.41) is 12.9. The molecule has 3 saturated carbocycles. The fourth-order valence-electron chi connectivity index (χ4n) is 4.44. The second-order valence-corrected chi connectivity index (χ2v) is 7.06. The van der Waals surface area contributed by atoms with Crippen molar-refractivity contribution in [2.75, 3.05) is 0 Å². The maximum atomic E-state index is 12.2. The number of hydrogen-bond donors (Lipinski definition) is 2. The van der Waals surface area contributed by atoms with Gasteiger partial charge in [0.2, 0.25) is 0 Å². The average Bonchev–Trinajstić information content (AvgIpc) is 2.80. The lowest BCUT2D eigenvalue weighted by molar-refractivity contribution is 0.0941. The molecule has 3 aliphatic rings. The largest absolute Gasteiger partial charge is 0.507 e. The second-order valence-electron chi connectivity index (χ2n) is 6.15. The number of benzene rings is 1. The maximum Gasteiger partial charge on any atom is 0.255 e. The summed E-state index contributed by atoms with van der Waals surface area (Å²) in [5.74, 6) is 3.04. The van der Waals surface area contributed by atoms with Crippen LogP contribution >= 0.6 is 15.9 Å². The molecule has 4 rings (SSSR count). The molecule has 0 aromatic heterocycles. The van der Waals surface area contributed by atoms with Gasteiger partial charge in [0, 0.05) is 10.5 Å². The standard InChI is InChI=1S/C15H16BrNO2/c16-9-3-4-11(18)10(6-9)15(19)17-14-12-7-1-2-8(5-7)13(12)14/h3-4,6-8,12-14,18H,1-2,5H2,(H,17,19). The summed E-state index contributed by atoms with van der Waals surface area (Å²) in [7, 11) is 0. The van der Waals surface area contributed by atoms with Crippen molar-refractivity contribution in [2.45, 2.75) is 25.3 Å². The molecule has 0 aliphatic heterocycles. The Bertz CT molecular complexity index is 543. The number of carbonyl (C=O) groups is 1. The van der Waals surface area contributed by atoms with Gasteiger partial charge in [0.15, 0.2) is 0 Å². The lowest BCUT2D eigenvalue weighted by Gasteiger charge is -2.11. The number of carbonyl (C=O) groups excluding carboxylic acids is 1. The van der Waals surface area contributed by atoms with Gasteiger partial charge in [0.05, 0.1) is 5.56 Å². The Morgan fingerprint density at radius 3 is 2.63 bits per heavy atom. The Morgan fingerprint density at radius 1 is 1.26 bits per heavy atom. The molecule has 0 saturated heterocycles. The Hall–Kier alpha value is -1.03. The van der Waals surface area contributed by atoms with Gasteiger partial charge in [-0.25, -0.2) is 0 Å². The van der Waals surface area contributed by atoms with Gasteiger partial charge in [0.25, 0.3) is 5.91 Å². The third-order valence-corrected chi connectivity index (χ3v) is 5.73. The molecule has 19 heavy (non-hydrogen) atoms. The number of aromatic hydroxyl groups is 1. The number of phenolic OH excluding ortho intramolecular Hbond substituents is 1. The molecule has 2 N–H and O–H groups in total. The third kappa shape index (κ3) is 1.72. The molecule has 2 bridgehead atoms. The van der Waals surface area contributed by atoms with E-state index in [1.807, 2.05) is 0 Å². The van der Waals surface area contributed by atoms with Gasteiger partial charge in [-0.15, -0.1) is 0 Å². The molecule has 0 spiro atoms. The molecule has 3 aliphatic carbocycles. The number of rotatable bonds is 2. The van der Waals surface area contributed by atoms with Gasteiger partial charge in [0.1, 0.15) is 5.75 Å². The van der Waals surface area contributed by atoms with E-state index in [0.29, 0.717) is 11.6 Å². The highest BCUT2D eigenvalue weighted by Crippen LogP contribution is 2.65. The van der Waals surface area contributed by atoms with Crippen LogP contribution in [0.5, 0.6) is 5.75 Å². The molecule has 0 radical (unpaired) electrons. The summed E-state index contributed by atoms with van der Waals surface area (Å²) in [5.41, 5.74) is 0.367. The molecule has 4 atom stereocenters. The van der Waals surface area contributed by atoms with Crippen LogP contribution in [0, 0.1) is 23.7 Å². The highest BCUT2D eigenvalue weighted by atomic mass is 79.9. The highest BCUT2D eigenvalue weighted by molar-refractivity contribution is 9.10. The van der Waals surface area contributed by atoms with E-state index in [1.54, 1.807) is 18.2 Å². The Kier molecular flexibility index (Phi) is 2.47. The molecule has 1 amide bonds. The predicted molar refractivity (Wildman–Crippen MR) is 74.9 cm³/mol.